The molecule has 0 amide bonds. The smallest absolute Gasteiger partial charge is 0.462 e. The Morgan fingerprint density at radius 2 is 0.686 bits per heavy atom. The second kappa shape index (κ2) is 57.7. The summed E-state index contributed by atoms with van der Waals surface area (Å²) in [4.78, 5) is 72.3. The Labute approximate surface area is 522 Å². The lowest BCUT2D eigenvalue weighted by Crippen LogP contribution is -2.30. The standard InChI is InChI=1S/C67H126O17P2/c1-8-10-11-12-13-14-15-16-17-18-19-20-27-36-43-50-66(71)83-62(54-77-64(69)48-41-34-26-22-21-24-31-38-45-58(3)4)56-81-85(73,74)79-52-61(68)53-80-86(75,76)82-57-63(84-67(72)51-44-37-30-29-33-40-47-60(7)9-2)55-78-65(70)49-42-35-28-23-25-32-39-46-59(5)6/h14-17,58-63,68H,8-13,18-57H2,1-7H3,(H,73,74)(H,75,76)/b15-14-,17-16-/t60?,61?,62-,63-/m1/s1. The Morgan fingerprint density at radius 3 is 1.03 bits per heavy atom. The number of allylic oxidation sites excluding steroid dienone is 4. The third-order valence-corrected chi connectivity index (χ3v) is 17.0. The van der Waals surface area contributed by atoms with Gasteiger partial charge in [0.2, 0.25) is 0 Å². The molecule has 0 bridgehead atoms. The highest BCUT2D eigenvalue weighted by Crippen LogP contribution is 2.45. The number of unbranched alkanes of at least 4 members (excludes halogenated alkanes) is 27. The highest BCUT2D eigenvalue weighted by molar-refractivity contribution is 7.47. The zero-order valence-corrected chi connectivity index (χ0v) is 57.0. The molecule has 3 N–H and O–H groups in total. The van der Waals surface area contributed by atoms with Crippen LogP contribution < -0.4 is 0 Å². The molecule has 6 atom stereocenters. The summed E-state index contributed by atoms with van der Waals surface area (Å²) in [6, 6.07) is 0. The van der Waals surface area contributed by atoms with Crippen molar-refractivity contribution in [2.75, 3.05) is 39.6 Å². The average Bonchev–Trinajstić information content (AvgIpc) is 3.66. The summed E-state index contributed by atoms with van der Waals surface area (Å²) in [5.74, 6) is -0.0212. The molecule has 0 aromatic carbocycles. The van der Waals surface area contributed by atoms with Crippen LogP contribution in [0.15, 0.2) is 24.3 Å². The number of hydrogen-bond donors (Lipinski definition) is 3. The van der Waals surface area contributed by atoms with Gasteiger partial charge in [0.15, 0.2) is 12.2 Å². The number of ether oxygens (including phenoxy) is 4. The van der Waals surface area contributed by atoms with Crippen LogP contribution in [0.3, 0.4) is 0 Å². The first-order valence-electron chi connectivity index (χ1n) is 34.2. The summed E-state index contributed by atoms with van der Waals surface area (Å²) in [7, 11) is -9.91. The molecule has 0 spiro atoms. The van der Waals surface area contributed by atoms with Gasteiger partial charge in [0.05, 0.1) is 26.4 Å². The first kappa shape index (κ1) is 83.5. The first-order valence-corrected chi connectivity index (χ1v) is 37.2. The van der Waals surface area contributed by atoms with Crippen LogP contribution in [0, 0.1) is 17.8 Å². The van der Waals surface area contributed by atoms with Crippen molar-refractivity contribution in [2.45, 2.75) is 324 Å². The Morgan fingerprint density at radius 1 is 0.384 bits per heavy atom. The third-order valence-electron chi connectivity index (χ3n) is 15.1. The summed E-state index contributed by atoms with van der Waals surface area (Å²) in [6.07, 6.45) is 42.7. The maximum atomic E-state index is 13.0. The normalized spacial score (nSPS) is 14.8. The molecule has 0 rings (SSSR count). The van der Waals surface area contributed by atoms with Crippen molar-refractivity contribution in [3.05, 3.63) is 24.3 Å². The molecule has 0 aromatic rings. The summed E-state index contributed by atoms with van der Waals surface area (Å²) in [5, 5.41) is 10.6. The Bertz CT molecular complexity index is 1790. The zero-order chi connectivity index (χ0) is 63.8. The number of carbonyl (C=O) groups is 4. The molecule has 0 aliphatic rings. The van der Waals surface area contributed by atoms with E-state index < -0.39 is 97.5 Å². The lowest BCUT2D eigenvalue weighted by Gasteiger charge is -2.21. The van der Waals surface area contributed by atoms with Gasteiger partial charge < -0.3 is 33.8 Å². The lowest BCUT2D eigenvalue weighted by molar-refractivity contribution is -0.161. The van der Waals surface area contributed by atoms with E-state index in [4.69, 9.17) is 37.0 Å². The molecule has 17 nitrogen and oxygen atoms in total. The van der Waals surface area contributed by atoms with E-state index in [1.807, 2.05) is 0 Å². The summed E-state index contributed by atoms with van der Waals surface area (Å²) >= 11 is 0. The first-order chi connectivity index (χ1) is 41.3. The molecule has 0 saturated heterocycles. The van der Waals surface area contributed by atoms with Crippen molar-refractivity contribution in [3.8, 4) is 0 Å². The molecule has 4 unspecified atom stereocenters. The predicted octanol–water partition coefficient (Wildman–Crippen LogP) is 18.2. The van der Waals surface area contributed by atoms with Gasteiger partial charge in [0, 0.05) is 25.7 Å². The Kier molecular flexibility index (Phi) is 56.0. The number of hydrogen-bond acceptors (Lipinski definition) is 15. The molecule has 19 heteroatoms. The highest BCUT2D eigenvalue weighted by Gasteiger charge is 2.30. The van der Waals surface area contributed by atoms with Crippen molar-refractivity contribution in [2.24, 2.45) is 17.8 Å². The zero-order valence-electron chi connectivity index (χ0n) is 55.3. The van der Waals surface area contributed by atoms with E-state index in [0.717, 1.165) is 127 Å². The molecule has 0 aliphatic carbocycles. The number of carbonyl (C=O) groups excluding carboxylic acids is 4. The highest BCUT2D eigenvalue weighted by atomic mass is 31.2. The van der Waals surface area contributed by atoms with E-state index in [9.17, 15) is 43.2 Å². The molecule has 0 aromatic heterocycles. The van der Waals surface area contributed by atoms with E-state index in [-0.39, 0.29) is 25.7 Å². The van der Waals surface area contributed by atoms with Gasteiger partial charge in [-0.2, -0.15) is 0 Å². The van der Waals surface area contributed by atoms with Crippen LogP contribution in [0.4, 0.5) is 0 Å². The van der Waals surface area contributed by atoms with Gasteiger partial charge in [0.1, 0.15) is 19.3 Å². The summed E-state index contributed by atoms with van der Waals surface area (Å²) < 4.78 is 68.0. The minimum absolute atomic E-state index is 0.0837. The van der Waals surface area contributed by atoms with Crippen molar-refractivity contribution < 1.29 is 80.2 Å². The van der Waals surface area contributed by atoms with Crippen LogP contribution in [0.2, 0.25) is 0 Å². The number of aliphatic hydroxyl groups excluding tert-OH is 1. The number of esters is 4. The fraction of sp³-hybridized carbons (Fsp3) is 0.881. The quantitative estimate of drug-likeness (QED) is 0.0169. The number of phosphoric acid groups is 2. The molecular weight excluding hydrogens is 1140 g/mol. The van der Waals surface area contributed by atoms with Gasteiger partial charge >= 0.3 is 39.5 Å². The SMILES string of the molecule is CCCCCC/C=C\C=C/CCCCCCCC(=O)O[C@H](COC(=O)CCCCCCCCCCC(C)C)COP(=O)(O)OCC(O)COP(=O)(O)OC[C@@H](COC(=O)CCCCCCCCCC(C)C)OC(=O)CCCCCCCCC(C)CC. The molecule has 0 saturated carbocycles. The van der Waals surface area contributed by atoms with Crippen molar-refractivity contribution in [3.63, 3.8) is 0 Å². The third kappa shape index (κ3) is 59.2. The summed E-state index contributed by atoms with van der Waals surface area (Å²) in [5.41, 5.74) is 0. The van der Waals surface area contributed by atoms with Crippen LogP contribution in [-0.4, -0.2) is 96.7 Å². The van der Waals surface area contributed by atoms with Crippen LogP contribution in [-0.2, 0) is 65.4 Å². The Hall–Kier alpha value is -2.46. The minimum atomic E-state index is -4.96. The van der Waals surface area contributed by atoms with E-state index >= 15 is 0 Å². The average molecular weight is 1270 g/mol. The van der Waals surface area contributed by atoms with Crippen molar-refractivity contribution >= 4 is 39.5 Å². The van der Waals surface area contributed by atoms with Crippen LogP contribution in [0.1, 0.15) is 305 Å². The van der Waals surface area contributed by atoms with Gasteiger partial charge in [-0.1, -0.05) is 253 Å². The maximum absolute atomic E-state index is 13.0. The van der Waals surface area contributed by atoms with Crippen molar-refractivity contribution in [1.29, 1.82) is 0 Å². The fourth-order valence-corrected chi connectivity index (χ4v) is 11.0. The largest absolute Gasteiger partial charge is 0.472 e. The van der Waals surface area contributed by atoms with Gasteiger partial charge in [-0.3, -0.25) is 37.3 Å². The van der Waals surface area contributed by atoms with E-state index in [1.165, 1.54) is 89.9 Å². The van der Waals surface area contributed by atoms with E-state index in [0.29, 0.717) is 31.6 Å². The van der Waals surface area contributed by atoms with E-state index in [1.54, 1.807) is 0 Å². The molecule has 86 heavy (non-hydrogen) atoms. The van der Waals surface area contributed by atoms with E-state index in [2.05, 4.69) is 72.8 Å². The second-order valence-corrected chi connectivity index (χ2v) is 27.6. The molecule has 0 aliphatic heterocycles. The van der Waals surface area contributed by atoms with Crippen molar-refractivity contribution in [1.82, 2.24) is 0 Å². The summed E-state index contributed by atoms with van der Waals surface area (Å²) in [6.45, 7) is 11.6. The molecule has 0 radical (unpaired) electrons. The monoisotopic (exact) mass is 1260 g/mol. The molecule has 0 fully saturated rings. The Balaban J connectivity index is 5.29. The van der Waals surface area contributed by atoms with Crippen LogP contribution in [0.25, 0.3) is 0 Å². The van der Waals surface area contributed by atoms with Gasteiger partial charge in [-0.25, -0.2) is 9.13 Å². The van der Waals surface area contributed by atoms with Gasteiger partial charge in [-0.05, 0) is 69.1 Å². The number of aliphatic hydroxyl groups is 1. The predicted molar refractivity (Wildman–Crippen MR) is 344 cm³/mol. The molecule has 506 valence electrons. The second-order valence-electron chi connectivity index (χ2n) is 24.7. The topological polar surface area (TPSA) is 237 Å². The molecular formula is C67H126O17P2. The van der Waals surface area contributed by atoms with Gasteiger partial charge in [-0.15, -0.1) is 0 Å². The minimum Gasteiger partial charge on any atom is -0.462 e. The van der Waals surface area contributed by atoms with Crippen LogP contribution in [0.5, 0.6) is 0 Å². The van der Waals surface area contributed by atoms with Crippen LogP contribution >= 0.6 is 15.6 Å². The maximum Gasteiger partial charge on any atom is 0.472 e. The fourth-order valence-electron chi connectivity index (χ4n) is 9.44. The molecule has 0 heterocycles. The lowest BCUT2D eigenvalue weighted by atomic mass is 10.00. The number of rotatable bonds is 63. The van der Waals surface area contributed by atoms with Gasteiger partial charge in [0.25, 0.3) is 0 Å². The number of phosphoric ester groups is 2.